The molecule has 0 unspecified atom stereocenters. The van der Waals surface area contributed by atoms with Crippen molar-refractivity contribution in [2.24, 2.45) is 0 Å². The molecule has 0 fully saturated rings. The molecule has 0 N–H and O–H groups in total. The largest absolute Gasteiger partial charge is 0.310 e. The van der Waals surface area contributed by atoms with Crippen molar-refractivity contribution in [2.45, 2.75) is 0 Å². The Labute approximate surface area is 307 Å². The quantitative estimate of drug-likeness (QED) is 0.158. The Hall–Kier alpha value is -6.48. The van der Waals surface area contributed by atoms with Crippen molar-refractivity contribution in [3.05, 3.63) is 200 Å². The molecule has 0 radical (unpaired) electrons. The van der Waals surface area contributed by atoms with Gasteiger partial charge in [-0.25, -0.2) is 0 Å². The van der Waals surface area contributed by atoms with Gasteiger partial charge in [-0.05, 0) is 91.8 Å². The van der Waals surface area contributed by atoms with Crippen LogP contribution in [-0.2, 0) is 0 Å². The van der Waals surface area contributed by atoms with E-state index in [0.717, 1.165) is 17.1 Å². The first-order valence-electron chi connectivity index (χ1n) is 17.8. The lowest BCUT2D eigenvalue weighted by atomic mass is 9.85. The third-order valence-electron chi connectivity index (χ3n) is 10.2. The van der Waals surface area contributed by atoms with Gasteiger partial charge in [0.2, 0.25) is 0 Å². The van der Waals surface area contributed by atoms with Crippen LogP contribution in [0.1, 0.15) is 0 Å². The van der Waals surface area contributed by atoms with E-state index in [2.05, 4.69) is 205 Å². The second kappa shape index (κ2) is 12.7. The molecule has 0 saturated heterocycles. The molecule has 52 heavy (non-hydrogen) atoms. The highest BCUT2D eigenvalue weighted by atomic mass is 32.1. The second-order valence-electron chi connectivity index (χ2n) is 13.3. The van der Waals surface area contributed by atoms with E-state index in [0.29, 0.717) is 0 Å². The molecule has 0 aliphatic heterocycles. The van der Waals surface area contributed by atoms with Gasteiger partial charge in [0, 0.05) is 37.1 Å². The van der Waals surface area contributed by atoms with Crippen molar-refractivity contribution in [1.29, 1.82) is 0 Å². The number of fused-ring (bicyclic) bond motifs is 6. The Bertz CT molecular complexity index is 2890. The lowest BCUT2D eigenvalue weighted by Gasteiger charge is -2.29. The summed E-state index contributed by atoms with van der Waals surface area (Å²) < 4.78 is 2.61. The molecule has 10 aromatic rings. The van der Waals surface area contributed by atoms with E-state index in [1.807, 2.05) is 11.3 Å². The van der Waals surface area contributed by atoms with Crippen molar-refractivity contribution in [3.8, 4) is 33.4 Å². The molecule has 1 nitrogen and oxygen atoms in total. The number of thiophene rings is 1. The molecule has 9 aromatic carbocycles. The topological polar surface area (TPSA) is 3.24 Å². The molecule has 244 valence electrons. The summed E-state index contributed by atoms with van der Waals surface area (Å²) in [5.74, 6) is 0. The van der Waals surface area contributed by atoms with Crippen LogP contribution in [0.3, 0.4) is 0 Å². The maximum Gasteiger partial charge on any atom is 0.0540 e. The molecule has 0 atom stereocenters. The van der Waals surface area contributed by atoms with Gasteiger partial charge >= 0.3 is 0 Å². The van der Waals surface area contributed by atoms with Gasteiger partial charge in [-0.3, -0.25) is 0 Å². The van der Waals surface area contributed by atoms with E-state index in [-0.39, 0.29) is 0 Å². The summed E-state index contributed by atoms with van der Waals surface area (Å²) in [6.45, 7) is 0. The van der Waals surface area contributed by atoms with Crippen LogP contribution in [-0.4, -0.2) is 0 Å². The first kappa shape index (κ1) is 30.4. The van der Waals surface area contributed by atoms with Gasteiger partial charge in [0.15, 0.2) is 0 Å². The molecule has 0 aliphatic rings. The summed E-state index contributed by atoms with van der Waals surface area (Å²) in [6.07, 6.45) is 0. The maximum atomic E-state index is 2.46. The van der Waals surface area contributed by atoms with Crippen LogP contribution in [0.15, 0.2) is 200 Å². The maximum absolute atomic E-state index is 2.46. The third-order valence-corrected chi connectivity index (χ3v) is 11.4. The van der Waals surface area contributed by atoms with Crippen LogP contribution in [0.25, 0.3) is 75.1 Å². The van der Waals surface area contributed by atoms with Crippen molar-refractivity contribution >= 4 is 70.1 Å². The normalized spacial score (nSPS) is 11.5. The molecule has 0 spiro atoms. The average molecular weight is 680 g/mol. The zero-order valence-corrected chi connectivity index (χ0v) is 29.2. The molecule has 0 aliphatic carbocycles. The molecule has 0 bridgehead atoms. The summed E-state index contributed by atoms with van der Waals surface area (Å²) in [7, 11) is 0. The molecule has 10 rings (SSSR count). The lowest BCUT2D eigenvalue weighted by molar-refractivity contribution is 1.30. The summed E-state index contributed by atoms with van der Waals surface area (Å²) in [5, 5.41) is 7.56. The van der Waals surface area contributed by atoms with Crippen molar-refractivity contribution in [1.82, 2.24) is 0 Å². The van der Waals surface area contributed by atoms with Gasteiger partial charge < -0.3 is 4.90 Å². The first-order valence-corrected chi connectivity index (χ1v) is 18.6. The van der Waals surface area contributed by atoms with Crippen LogP contribution in [0.5, 0.6) is 0 Å². The predicted molar refractivity (Wildman–Crippen MR) is 225 cm³/mol. The molecular weight excluding hydrogens is 647 g/mol. The van der Waals surface area contributed by atoms with Crippen LogP contribution in [0, 0.1) is 0 Å². The van der Waals surface area contributed by atoms with E-state index in [9.17, 15) is 0 Å². The Morgan fingerprint density at radius 2 is 0.788 bits per heavy atom. The first-order chi connectivity index (χ1) is 25.8. The van der Waals surface area contributed by atoms with Gasteiger partial charge in [-0.1, -0.05) is 158 Å². The van der Waals surface area contributed by atoms with E-state index < -0.39 is 0 Å². The number of hydrogen-bond donors (Lipinski definition) is 0. The number of anilines is 3. The van der Waals surface area contributed by atoms with Crippen molar-refractivity contribution in [2.75, 3.05) is 4.90 Å². The standard InChI is InChI=1S/C50H33NS/c1-4-16-34(17-5-1)39-22-12-14-26-46(39)51(38-29-31-48-44(32-38)42-24-13-15-27-47(42)52-48)37-28-30-41-40-23-10-11-25-43(40)49(35-18-6-2-7-19-35)50(45(41)33-37)36-20-8-3-9-21-36/h1-33H. The summed E-state index contributed by atoms with van der Waals surface area (Å²) in [4.78, 5) is 2.46. The summed E-state index contributed by atoms with van der Waals surface area (Å²) in [6, 6.07) is 73.0. The summed E-state index contributed by atoms with van der Waals surface area (Å²) in [5.41, 5.74) is 10.7. The van der Waals surface area contributed by atoms with Crippen LogP contribution >= 0.6 is 11.3 Å². The highest BCUT2D eigenvalue weighted by Gasteiger charge is 2.22. The van der Waals surface area contributed by atoms with Crippen LogP contribution in [0.4, 0.5) is 17.1 Å². The number of nitrogens with zero attached hydrogens (tertiary/aromatic N) is 1. The van der Waals surface area contributed by atoms with Crippen LogP contribution in [0.2, 0.25) is 0 Å². The monoisotopic (exact) mass is 679 g/mol. The van der Waals surface area contributed by atoms with Gasteiger partial charge in [0.1, 0.15) is 0 Å². The SMILES string of the molecule is c1ccc(-c2ccccc2N(c2ccc3c(c2)c(-c2ccccc2)c(-c2ccccc2)c2ccccc23)c2ccc3sc4ccccc4c3c2)cc1. The molecular formula is C50H33NS. The minimum Gasteiger partial charge on any atom is -0.310 e. The highest BCUT2D eigenvalue weighted by Crippen LogP contribution is 2.48. The molecule has 2 heteroatoms. The zero-order chi connectivity index (χ0) is 34.4. The molecule has 0 saturated carbocycles. The molecule has 0 amide bonds. The number of benzene rings is 9. The second-order valence-corrected chi connectivity index (χ2v) is 14.3. The van der Waals surface area contributed by atoms with Crippen molar-refractivity contribution < 1.29 is 0 Å². The fourth-order valence-corrected chi connectivity index (χ4v) is 9.02. The van der Waals surface area contributed by atoms with E-state index in [1.165, 1.54) is 75.1 Å². The number of hydrogen-bond acceptors (Lipinski definition) is 2. The highest BCUT2D eigenvalue weighted by molar-refractivity contribution is 7.25. The minimum atomic E-state index is 1.11. The van der Waals surface area contributed by atoms with E-state index in [4.69, 9.17) is 0 Å². The fourth-order valence-electron chi connectivity index (χ4n) is 7.94. The molecule has 1 aromatic heterocycles. The number of rotatable bonds is 6. The van der Waals surface area contributed by atoms with Gasteiger partial charge in [-0.2, -0.15) is 0 Å². The third kappa shape index (κ3) is 5.07. The van der Waals surface area contributed by atoms with Gasteiger partial charge in [-0.15, -0.1) is 11.3 Å². The average Bonchev–Trinajstić information content (AvgIpc) is 3.60. The Morgan fingerprint density at radius 3 is 1.50 bits per heavy atom. The van der Waals surface area contributed by atoms with Crippen LogP contribution < -0.4 is 4.90 Å². The van der Waals surface area contributed by atoms with Crippen molar-refractivity contribution in [3.63, 3.8) is 0 Å². The van der Waals surface area contributed by atoms with E-state index >= 15 is 0 Å². The zero-order valence-electron chi connectivity index (χ0n) is 28.4. The smallest absolute Gasteiger partial charge is 0.0540 e. The fraction of sp³-hybridized carbons (Fsp3) is 0. The Morgan fingerprint density at radius 1 is 0.308 bits per heavy atom. The van der Waals surface area contributed by atoms with E-state index in [1.54, 1.807) is 0 Å². The van der Waals surface area contributed by atoms with Gasteiger partial charge in [0.25, 0.3) is 0 Å². The number of para-hydroxylation sites is 1. The van der Waals surface area contributed by atoms with Gasteiger partial charge in [0.05, 0.1) is 5.69 Å². The Kier molecular flexibility index (Phi) is 7.41. The minimum absolute atomic E-state index is 1.11. The lowest BCUT2D eigenvalue weighted by Crippen LogP contribution is -2.11. The predicted octanol–water partition coefficient (Wildman–Crippen LogP) is 14.8. The molecule has 1 heterocycles. The Balaban J connectivity index is 1.31. The summed E-state index contributed by atoms with van der Waals surface area (Å²) >= 11 is 1.86.